The van der Waals surface area contributed by atoms with Gasteiger partial charge in [-0.1, -0.05) is 6.07 Å². The van der Waals surface area contributed by atoms with Crippen molar-refractivity contribution in [2.45, 2.75) is 45.3 Å². The molecule has 2 heterocycles. The minimum Gasteiger partial charge on any atom is -0.376 e. The minimum atomic E-state index is 0.157. The molecule has 2 unspecified atom stereocenters. The molecule has 2 rings (SSSR count). The van der Waals surface area contributed by atoms with E-state index in [2.05, 4.69) is 22.9 Å². The van der Waals surface area contributed by atoms with Crippen molar-refractivity contribution in [2.24, 2.45) is 5.73 Å². The van der Waals surface area contributed by atoms with Crippen LogP contribution in [0.15, 0.2) is 18.3 Å². The Balaban J connectivity index is 2.12. The van der Waals surface area contributed by atoms with E-state index < -0.39 is 0 Å². The lowest BCUT2D eigenvalue weighted by Crippen LogP contribution is -2.34. The normalized spacial score (nSPS) is 20.5. The predicted octanol–water partition coefficient (Wildman–Crippen LogP) is 1.98. The van der Waals surface area contributed by atoms with Gasteiger partial charge in [-0.15, -0.1) is 0 Å². The van der Waals surface area contributed by atoms with Crippen molar-refractivity contribution in [3.05, 3.63) is 23.9 Å². The molecule has 1 aromatic heterocycles. The Morgan fingerprint density at radius 1 is 1.58 bits per heavy atom. The van der Waals surface area contributed by atoms with Gasteiger partial charge in [0, 0.05) is 31.9 Å². The van der Waals surface area contributed by atoms with E-state index in [-0.39, 0.29) is 6.04 Å². The maximum absolute atomic E-state index is 5.93. The number of pyridine rings is 1. The average Bonchev–Trinajstić information content (AvgIpc) is 2.89. The molecule has 1 fully saturated rings. The van der Waals surface area contributed by atoms with Gasteiger partial charge in [-0.05, 0) is 44.7 Å². The molecule has 1 aliphatic heterocycles. The molecule has 1 aromatic rings. The van der Waals surface area contributed by atoms with Crippen LogP contribution in [-0.2, 0) is 11.2 Å². The Kier molecular flexibility index (Phi) is 5.16. The number of nitrogens with zero attached hydrogens (tertiary/aromatic N) is 2. The van der Waals surface area contributed by atoms with Crippen LogP contribution in [0.3, 0.4) is 0 Å². The highest BCUT2D eigenvalue weighted by atomic mass is 16.5. The van der Waals surface area contributed by atoms with Gasteiger partial charge in [-0.25, -0.2) is 4.98 Å². The van der Waals surface area contributed by atoms with Crippen molar-refractivity contribution in [3.63, 3.8) is 0 Å². The SMILES string of the molecule is CCN(CC1CCCO1)c1ncccc1CC(C)N. The van der Waals surface area contributed by atoms with Gasteiger partial charge in [-0.2, -0.15) is 0 Å². The first-order chi connectivity index (χ1) is 9.20. The summed E-state index contributed by atoms with van der Waals surface area (Å²) in [4.78, 5) is 6.87. The molecule has 0 spiro atoms. The van der Waals surface area contributed by atoms with Crippen molar-refractivity contribution >= 4 is 5.82 Å². The largest absolute Gasteiger partial charge is 0.376 e. The van der Waals surface area contributed by atoms with Crippen molar-refractivity contribution in [1.29, 1.82) is 0 Å². The van der Waals surface area contributed by atoms with Gasteiger partial charge < -0.3 is 15.4 Å². The highest BCUT2D eigenvalue weighted by Gasteiger charge is 2.20. The number of anilines is 1. The molecule has 19 heavy (non-hydrogen) atoms. The van der Waals surface area contributed by atoms with Gasteiger partial charge in [0.05, 0.1) is 6.10 Å². The van der Waals surface area contributed by atoms with Crippen LogP contribution in [0.1, 0.15) is 32.3 Å². The summed E-state index contributed by atoms with van der Waals surface area (Å²) in [6.45, 7) is 6.98. The fraction of sp³-hybridized carbons (Fsp3) is 0.667. The zero-order valence-corrected chi connectivity index (χ0v) is 12.0. The molecule has 106 valence electrons. The maximum atomic E-state index is 5.93. The number of nitrogens with two attached hydrogens (primary N) is 1. The van der Waals surface area contributed by atoms with E-state index in [0.717, 1.165) is 38.4 Å². The lowest BCUT2D eigenvalue weighted by Gasteiger charge is -2.27. The summed E-state index contributed by atoms with van der Waals surface area (Å²) in [7, 11) is 0. The lowest BCUT2D eigenvalue weighted by molar-refractivity contribution is 0.115. The molecule has 0 bridgehead atoms. The third-order valence-corrected chi connectivity index (χ3v) is 3.54. The van der Waals surface area contributed by atoms with Gasteiger partial charge in [0.1, 0.15) is 5.82 Å². The number of hydrogen-bond acceptors (Lipinski definition) is 4. The Hall–Kier alpha value is -1.13. The molecule has 0 saturated carbocycles. The Labute approximate surface area is 116 Å². The van der Waals surface area contributed by atoms with Crippen LogP contribution in [0.4, 0.5) is 5.82 Å². The van der Waals surface area contributed by atoms with Gasteiger partial charge >= 0.3 is 0 Å². The summed E-state index contributed by atoms with van der Waals surface area (Å²) >= 11 is 0. The van der Waals surface area contributed by atoms with Crippen LogP contribution in [0.5, 0.6) is 0 Å². The van der Waals surface area contributed by atoms with Gasteiger partial charge in [-0.3, -0.25) is 0 Å². The molecule has 0 amide bonds. The predicted molar refractivity (Wildman–Crippen MR) is 78.5 cm³/mol. The number of aromatic nitrogens is 1. The molecular weight excluding hydrogens is 238 g/mol. The number of rotatable bonds is 6. The first-order valence-electron chi connectivity index (χ1n) is 7.26. The summed E-state index contributed by atoms with van der Waals surface area (Å²) in [6, 6.07) is 4.27. The van der Waals surface area contributed by atoms with Crippen LogP contribution in [0.2, 0.25) is 0 Å². The molecule has 0 aromatic carbocycles. The van der Waals surface area contributed by atoms with Crippen LogP contribution in [-0.4, -0.2) is 36.8 Å². The molecular formula is C15H25N3O. The molecule has 0 aliphatic carbocycles. The molecule has 0 radical (unpaired) electrons. The fourth-order valence-corrected chi connectivity index (χ4v) is 2.62. The monoisotopic (exact) mass is 263 g/mol. The average molecular weight is 263 g/mol. The number of hydrogen-bond donors (Lipinski definition) is 1. The van der Waals surface area contributed by atoms with E-state index in [1.54, 1.807) is 0 Å². The van der Waals surface area contributed by atoms with E-state index in [1.165, 1.54) is 12.0 Å². The smallest absolute Gasteiger partial charge is 0.131 e. The van der Waals surface area contributed by atoms with Crippen molar-refractivity contribution < 1.29 is 4.74 Å². The highest BCUT2D eigenvalue weighted by molar-refractivity contribution is 5.47. The van der Waals surface area contributed by atoms with E-state index >= 15 is 0 Å². The second kappa shape index (κ2) is 6.87. The zero-order valence-electron chi connectivity index (χ0n) is 12.0. The number of ether oxygens (including phenoxy) is 1. The third kappa shape index (κ3) is 3.91. The number of likely N-dealkylation sites (N-methyl/N-ethyl adjacent to an activating group) is 1. The summed E-state index contributed by atoms with van der Waals surface area (Å²) in [6.07, 6.45) is 5.41. The molecule has 1 saturated heterocycles. The van der Waals surface area contributed by atoms with Crippen molar-refractivity contribution in [1.82, 2.24) is 4.98 Å². The van der Waals surface area contributed by atoms with Crippen molar-refractivity contribution in [3.8, 4) is 0 Å². The van der Waals surface area contributed by atoms with Crippen LogP contribution in [0.25, 0.3) is 0 Å². The third-order valence-electron chi connectivity index (χ3n) is 3.54. The maximum Gasteiger partial charge on any atom is 0.131 e. The summed E-state index contributed by atoms with van der Waals surface area (Å²) in [5, 5.41) is 0. The molecule has 2 N–H and O–H groups in total. The summed E-state index contributed by atoms with van der Waals surface area (Å²) < 4.78 is 5.73. The van der Waals surface area contributed by atoms with Gasteiger partial charge in [0.15, 0.2) is 0 Å². The quantitative estimate of drug-likeness (QED) is 0.852. The highest BCUT2D eigenvalue weighted by Crippen LogP contribution is 2.21. The van der Waals surface area contributed by atoms with Crippen LogP contribution in [0, 0.1) is 0 Å². The van der Waals surface area contributed by atoms with Crippen molar-refractivity contribution in [2.75, 3.05) is 24.6 Å². The Morgan fingerprint density at radius 2 is 2.42 bits per heavy atom. The van der Waals surface area contributed by atoms with Gasteiger partial charge in [0.2, 0.25) is 0 Å². The van der Waals surface area contributed by atoms with E-state index in [0.29, 0.717) is 6.10 Å². The zero-order chi connectivity index (χ0) is 13.7. The Morgan fingerprint density at radius 3 is 3.05 bits per heavy atom. The van der Waals surface area contributed by atoms with E-state index in [4.69, 9.17) is 10.5 Å². The molecule has 2 atom stereocenters. The fourth-order valence-electron chi connectivity index (χ4n) is 2.62. The summed E-state index contributed by atoms with van der Waals surface area (Å²) in [5.41, 5.74) is 7.16. The summed E-state index contributed by atoms with van der Waals surface area (Å²) in [5.74, 6) is 1.07. The first-order valence-corrected chi connectivity index (χ1v) is 7.26. The lowest BCUT2D eigenvalue weighted by atomic mass is 10.1. The topological polar surface area (TPSA) is 51.4 Å². The molecule has 1 aliphatic rings. The minimum absolute atomic E-state index is 0.157. The molecule has 4 heteroatoms. The Bertz CT molecular complexity index is 389. The first kappa shape index (κ1) is 14.3. The molecule has 4 nitrogen and oxygen atoms in total. The van der Waals surface area contributed by atoms with Crippen LogP contribution >= 0.6 is 0 Å². The standard InChI is InChI=1S/C15H25N3O/c1-3-18(11-14-7-5-9-19-14)15-13(10-12(2)16)6-4-8-17-15/h4,6,8,12,14H,3,5,7,9-11,16H2,1-2H3. The second-order valence-corrected chi connectivity index (χ2v) is 5.34. The second-order valence-electron chi connectivity index (χ2n) is 5.34. The van der Waals surface area contributed by atoms with Gasteiger partial charge in [0.25, 0.3) is 0 Å². The van der Waals surface area contributed by atoms with E-state index in [1.807, 2.05) is 19.2 Å². The van der Waals surface area contributed by atoms with Crippen LogP contribution < -0.4 is 10.6 Å². The van der Waals surface area contributed by atoms with E-state index in [9.17, 15) is 0 Å².